The fourth-order valence-electron chi connectivity index (χ4n) is 2.72. The van der Waals surface area contributed by atoms with Crippen LogP contribution in [0.1, 0.15) is 17.3 Å². The number of amides is 1. The molecule has 146 valence electrons. The maximum Gasteiger partial charge on any atom is 0.279 e. The van der Waals surface area contributed by atoms with Gasteiger partial charge in [0.25, 0.3) is 11.6 Å². The number of rotatable bonds is 7. The first-order chi connectivity index (χ1) is 13.5. The molecule has 0 atom stereocenters. The number of ether oxygens (including phenoxy) is 2. The SMILES string of the molecule is CCOc1cccc2sc(=NC(=O)c3ccc([N+](=O)[O-])cc3)n(CCOC)c12. The Bertz CT molecular complexity index is 1070. The van der Waals surface area contributed by atoms with Crippen molar-refractivity contribution in [2.24, 2.45) is 4.99 Å². The lowest BCUT2D eigenvalue weighted by atomic mass is 10.2. The van der Waals surface area contributed by atoms with Crippen molar-refractivity contribution in [2.45, 2.75) is 13.5 Å². The van der Waals surface area contributed by atoms with Gasteiger partial charge in [0.1, 0.15) is 11.3 Å². The molecule has 8 nitrogen and oxygen atoms in total. The minimum atomic E-state index is -0.509. The van der Waals surface area contributed by atoms with Crippen LogP contribution in [0, 0.1) is 10.1 Å². The summed E-state index contributed by atoms with van der Waals surface area (Å²) >= 11 is 1.38. The standard InChI is InChI=1S/C19H19N3O5S/c1-3-27-15-5-4-6-16-17(15)21(11-12-26-2)19(28-16)20-18(23)13-7-9-14(10-8-13)22(24)25/h4-10H,3,11-12H2,1-2H3. The van der Waals surface area contributed by atoms with Crippen LogP contribution in [0.25, 0.3) is 10.2 Å². The van der Waals surface area contributed by atoms with Gasteiger partial charge in [0.15, 0.2) is 4.80 Å². The lowest BCUT2D eigenvalue weighted by Crippen LogP contribution is -2.19. The molecule has 2 aromatic carbocycles. The molecule has 1 amide bonds. The highest BCUT2D eigenvalue weighted by molar-refractivity contribution is 7.16. The van der Waals surface area contributed by atoms with Gasteiger partial charge in [-0.3, -0.25) is 14.9 Å². The van der Waals surface area contributed by atoms with Crippen molar-refractivity contribution in [3.8, 4) is 5.75 Å². The number of methoxy groups -OCH3 is 1. The molecule has 0 aliphatic carbocycles. The fraction of sp³-hybridized carbons (Fsp3) is 0.263. The number of non-ortho nitro benzene ring substituents is 1. The monoisotopic (exact) mass is 401 g/mol. The number of para-hydroxylation sites is 1. The summed E-state index contributed by atoms with van der Waals surface area (Å²) in [5.74, 6) is 0.252. The molecule has 0 fully saturated rings. The lowest BCUT2D eigenvalue weighted by Gasteiger charge is -2.09. The molecule has 0 radical (unpaired) electrons. The highest BCUT2D eigenvalue weighted by Gasteiger charge is 2.14. The van der Waals surface area contributed by atoms with Crippen molar-refractivity contribution in [2.75, 3.05) is 20.3 Å². The quantitative estimate of drug-likeness (QED) is 0.447. The summed E-state index contributed by atoms with van der Waals surface area (Å²) in [5, 5.41) is 10.8. The molecule has 28 heavy (non-hydrogen) atoms. The Morgan fingerprint density at radius 3 is 2.64 bits per heavy atom. The van der Waals surface area contributed by atoms with Crippen LogP contribution in [0.2, 0.25) is 0 Å². The Hall–Kier alpha value is -3.04. The van der Waals surface area contributed by atoms with E-state index in [0.717, 1.165) is 16.0 Å². The smallest absolute Gasteiger partial charge is 0.279 e. The average Bonchev–Trinajstić information content (AvgIpc) is 3.04. The second-order valence-electron chi connectivity index (χ2n) is 5.79. The minimum absolute atomic E-state index is 0.0741. The van der Waals surface area contributed by atoms with E-state index in [1.807, 2.05) is 29.7 Å². The second kappa shape index (κ2) is 8.77. The molecular weight excluding hydrogens is 382 g/mol. The van der Waals surface area contributed by atoms with Crippen LogP contribution in [0.3, 0.4) is 0 Å². The predicted molar refractivity (Wildman–Crippen MR) is 106 cm³/mol. The van der Waals surface area contributed by atoms with Gasteiger partial charge >= 0.3 is 0 Å². The van der Waals surface area contributed by atoms with E-state index >= 15 is 0 Å². The number of thiazole rings is 1. The van der Waals surface area contributed by atoms with Gasteiger partial charge in [-0.05, 0) is 31.2 Å². The van der Waals surface area contributed by atoms with Crippen LogP contribution < -0.4 is 9.54 Å². The number of aromatic nitrogens is 1. The zero-order valence-corrected chi connectivity index (χ0v) is 16.3. The van der Waals surface area contributed by atoms with Crippen molar-refractivity contribution < 1.29 is 19.2 Å². The molecule has 0 unspecified atom stereocenters. The maximum absolute atomic E-state index is 12.6. The van der Waals surface area contributed by atoms with Crippen molar-refractivity contribution in [1.29, 1.82) is 0 Å². The number of hydrogen-bond donors (Lipinski definition) is 0. The molecule has 0 saturated carbocycles. The topological polar surface area (TPSA) is 96.0 Å². The van der Waals surface area contributed by atoms with Crippen molar-refractivity contribution in [3.05, 3.63) is 62.9 Å². The molecule has 0 saturated heterocycles. The lowest BCUT2D eigenvalue weighted by molar-refractivity contribution is -0.384. The predicted octanol–water partition coefficient (Wildman–Crippen LogP) is 3.40. The molecule has 0 aliphatic heterocycles. The molecule has 3 aromatic rings. The zero-order valence-electron chi connectivity index (χ0n) is 15.5. The Balaban J connectivity index is 2.08. The van der Waals surface area contributed by atoms with E-state index in [2.05, 4.69) is 4.99 Å². The van der Waals surface area contributed by atoms with Crippen LogP contribution in [0.15, 0.2) is 47.5 Å². The number of benzene rings is 2. The van der Waals surface area contributed by atoms with Gasteiger partial charge in [0.05, 0.1) is 22.8 Å². The summed E-state index contributed by atoms with van der Waals surface area (Å²) in [4.78, 5) is 27.6. The number of fused-ring (bicyclic) bond motifs is 1. The van der Waals surface area contributed by atoms with E-state index in [0.29, 0.717) is 24.6 Å². The number of carbonyl (C=O) groups excluding carboxylic acids is 1. The maximum atomic E-state index is 12.6. The Labute approximate surface area is 164 Å². The molecule has 1 heterocycles. The number of hydrogen-bond acceptors (Lipinski definition) is 6. The summed E-state index contributed by atoms with van der Waals surface area (Å²) in [6, 6.07) is 11.1. The fourth-order valence-corrected chi connectivity index (χ4v) is 3.79. The van der Waals surface area contributed by atoms with Gasteiger partial charge in [-0.2, -0.15) is 4.99 Å². The minimum Gasteiger partial charge on any atom is -0.492 e. The summed E-state index contributed by atoms with van der Waals surface area (Å²) in [6.45, 7) is 3.39. The highest BCUT2D eigenvalue weighted by atomic mass is 32.1. The first-order valence-corrected chi connectivity index (χ1v) is 9.44. The van der Waals surface area contributed by atoms with E-state index in [4.69, 9.17) is 9.47 Å². The number of nitrogens with zero attached hydrogens (tertiary/aromatic N) is 3. The van der Waals surface area contributed by atoms with Gasteiger partial charge in [-0.1, -0.05) is 17.4 Å². The van der Waals surface area contributed by atoms with Crippen LogP contribution in [-0.2, 0) is 11.3 Å². The molecule has 1 aromatic heterocycles. The first kappa shape index (κ1) is 19.7. The van der Waals surface area contributed by atoms with Gasteiger partial charge < -0.3 is 14.0 Å². The second-order valence-corrected chi connectivity index (χ2v) is 6.80. The van der Waals surface area contributed by atoms with E-state index in [-0.39, 0.29) is 11.3 Å². The highest BCUT2D eigenvalue weighted by Crippen LogP contribution is 2.27. The van der Waals surface area contributed by atoms with Gasteiger partial charge in [-0.25, -0.2) is 0 Å². The van der Waals surface area contributed by atoms with Crippen molar-refractivity contribution in [1.82, 2.24) is 4.57 Å². The van der Waals surface area contributed by atoms with Crippen LogP contribution >= 0.6 is 11.3 Å². The van der Waals surface area contributed by atoms with E-state index in [1.165, 1.54) is 35.6 Å². The third-order valence-electron chi connectivity index (χ3n) is 4.01. The number of nitro benzene ring substituents is 1. The Morgan fingerprint density at radius 1 is 1.25 bits per heavy atom. The van der Waals surface area contributed by atoms with Gasteiger partial charge in [0.2, 0.25) is 0 Å². The normalized spacial score (nSPS) is 11.7. The summed E-state index contributed by atoms with van der Waals surface area (Å²) < 4.78 is 13.8. The number of nitro groups is 1. The molecule has 0 N–H and O–H groups in total. The van der Waals surface area contributed by atoms with Crippen LogP contribution in [0.5, 0.6) is 5.75 Å². The molecule has 0 aliphatic rings. The molecule has 0 spiro atoms. The third kappa shape index (κ3) is 4.10. The van der Waals surface area contributed by atoms with Gasteiger partial charge in [0, 0.05) is 31.4 Å². The summed E-state index contributed by atoms with van der Waals surface area (Å²) in [5.41, 5.74) is 1.07. The summed E-state index contributed by atoms with van der Waals surface area (Å²) in [6.07, 6.45) is 0. The molecule has 9 heteroatoms. The number of carbonyl (C=O) groups is 1. The molecule has 0 bridgehead atoms. The van der Waals surface area contributed by atoms with E-state index in [9.17, 15) is 14.9 Å². The zero-order chi connectivity index (χ0) is 20.1. The van der Waals surface area contributed by atoms with Crippen LogP contribution in [-0.4, -0.2) is 35.7 Å². The Kier molecular flexibility index (Phi) is 6.17. The van der Waals surface area contributed by atoms with E-state index in [1.54, 1.807) is 7.11 Å². The van der Waals surface area contributed by atoms with Crippen LogP contribution in [0.4, 0.5) is 5.69 Å². The summed E-state index contributed by atoms with van der Waals surface area (Å²) in [7, 11) is 1.61. The van der Waals surface area contributed by atoms with Crippen molar-refractivity contribution >= 4 is 33.1 Å². The molecule has 3 rings (SSSR count). The average molecular weight is 401 g/mol. The third-order valence-corrected chi connectivity index (χ3v) is 5.05. The molecular formula is C19H19N3O5S. The largest absolute Gasteiger partial charge is 0.492 e. The van der Waals surface area contributed by atoms with Gasteiger partial charge in [-0.15, -0.1) is 0 Å². The Morgan fingerprint density at radius 2 is 2.00 bits per heavy atom. The van der Waals surface area contributed by atoms with Crippen molar-refractivity contribution in [3.63, 3.8) is 0 Å². The van der Waals surface area contributed by atoms with E-state index < -0.39 is 10.8 Å². The first-order valence-electron chi connectivity index (χ1n) is 8.62.